The van der Waals surface area contributed by atoms with Gasteiger partial charge in [-0.15, -0.1) is 0 Å². The molecule has 0 aromatic heterocycles. The fraction of sp³-hybridized carbons (Fsp3) is 0.438. The number of alkyl halides is 3. The van der Waals surface area contributed by atoms with E-state index in [1.807, 2.05) is 5.32 Å². The summed E-state index contributed by atoms with van der Waals surface area (Å²) >= 11 is 6.09. The lowest BCUT2D eigenvalue weighted by atomic mass is 9.84. The molecule has 1 fully saturated rings. The maximum absolute atomic E-state index is 13.9. The Labute approximate surface area is 141 Å². The van der Waals surface area contributed by atoms with Crippen LogP contribution in [0.1, 0.15) is 24.0 Å². The van der Waals surface area contributed by atoms with Crippen LogP contribution in [0.5, 0.6) is 0 Å². The first-order valence-electron chi connectivity index (χ1n) is 7.56. The average molecular weight is 361 g/mol. The predicted molar refractivity (Wildman–Crippen MR) is 84.0 cm³/mol. The molecule has 3 rings (SSSR count). The third kappa shape index (κ3) is 2.98. The Morgan fingerprint density at radius 1 is 1.38 bits per heavy atom. The number of allylic oxidation sites excluding steroid dienone is 1. The lowest BCUT2D eigenvalue weighted by Crippen LogP contribution is -2.59. The van der Waals surface area contributed by atoms with Gasteiger partial charge in [0.15, 0.2) is 5.54 Å². The molecule has 1 aromatic carbocycles. The number of anilines is 1. The van der Waals surface area contributed by atoms with Crippen molar-refractivity contribution in [2.45, 2.75) is 31.0 Å². The lowest BCUT2D eigenvalue weighted by molar-refractivity contribution is -0.181. The number of halogens is 4. The van der Waals surface area contributed by atoms with E-state index in [9.17, 15) is 18.0 Å². The highest BCUT2D eigenvalue weighted by Gasteiger charge is 2.58. The van der Waals surface area contributed by atoms with Gasteiger partial charge in [0.2, 0.25) is 0 Å². The molecule has 8 heteroatoms. The van der Waals surface area contributed by atoms with E-state index in [1.54, 1.807) is 0 Å². The molecule has 1 atom stereocenters. The van der Waals surface area contributed by atoms with Crippen LogP contribution in [0.15, 0.2) is 24.3 Å². The molecule has 1 heterocycles. The number of urea groups is 1. The standard InChI is InChI=1S/C16H16ClF3N2O2/c17-12-8-11-13(7-10(12)4-6-23)21-14(24)22-15(11,16(18,19)20)5-3-9-1-2-9/h3,5,7-9,23H,1-2,4,6H2,(H2,21,22,24)/t15-/m0/s1. The van der Waals surface area contributed by atoms with Gasteiger partial charge in [-0.1, -0.05) is 17.7 Å². The van der Waals surface area contributed by atoms with E-state index in [0.717, 1.165) is 18.9 Å². The van der Waals surface area contributed by atoms with Crippen molar-refractivity contribution in [3.05, 3.63) is 40.4 Å². The van der Waals surface area contributed by atoms with Crippen LogP contribution in [-0.4, -0.2) is 23.9 Å². The molecule has 0 saturated heterocycles. The summed E-state index contributed by atoms with van der Waals surface area (Å²) in [5.74, 6) is 0.114. The Balaban J connectivity index is 2.17. The van der Waals surface area contributed by atoms with E-state index in [-0.39, 0.29) is 35.2 Å². The monoisotopic (exact) mass is 360 g/mol. The van der Waals surface area contributed by atoms with Crippen molar-refractivity contribution in [3.8, 4) is 0 Å². The fourth-order valence-corrected chi connectivity index (χ4v) is 3.04. The van der Waals surface area contributed by atoms with E-state index in [2.05, 4.69) is 5.32 Å². The van der Waals surface area contributed by atoms with Gasteiger partial charge in [0.1, 0.15) is 0 Å². The SMILES string of the molecule is O=C1Nc2cc(CCO)c(Cl)cc2[C@@](C=CC2CC2)(C(F)(F)F)N1. The van der Waals surface area contributed by atoms with Crippen LogP contribution < -0.4 is 10.6 Å². The first-order valence-corrected chi connectivity index (χ1v) is 7.93. The molecule has 1 aliphatic carbocycles. The summed E-state index contributed by atoms with van der Waals surface area (Å²) in [6, 6.07) is 1.66. The van der Waals surface area contributed by atoms with Gasteiger partial charge in [0, 0.05) is 22.9 Å². The quantitative estimate of drug-likeness (QED) is 0.716. The lowest BCUT2D eigenvalue weighted by Gasteiger charge is -2.39. The summed E-state index contributed by atoms with van der Waals surface area (Å²) < 4.78 is 41.8. The minimum atomic E-state index is -4.73. The molecule has 2 aliphatic rings. The van der Waals surface area contributed by atoms with Crippen molar-refractivity contribution in [1.29, 1.82) is 0 Å². The molecular weight excluding hydrogens is 345 g/mol. The molecule has 0 spiro atoms. The largest absolute Gasteiger partial charge is 0.419 e. The third-order valence-electron chi connectivity index (χ3n) is 4.24. The zero-order chi connectivity index (χ0) is 17.5. The first kappa shape index (κ1) is 17.1. The summed E-state index contributed by atoms with van der Waals surface area (Å²) in [5, 5.41) is 13.6. The highest BCUT2D eigenvalue weighted by atomic mass is 35.5. The minimum absolute atomic E-state index is 0.0457. The number of benzene rings is 1. The molecule has 0 unspecified atom stereocenters. The summed E-state index contributed by atoms with van der Waals surface area (Å²) in [4.78, 5) is 11.9. The highest BCUT2D eigenvalue weighted by molar-refractivity contribution is 6.31. The van der Waals surface area contributed by atoms with E-state index < -0.39 is 17.7 Å². The number of hydrogen-bond acceptors (Lipinski definition) is 2. The van der Waals surface area contributed by atoms with E-state index >= 15 is 0 Å². The first-order chi connectivity index (χ1) is 11.3. The van der Waals surface area contributed by atoms with Crippen LogP contribution in [0.2, 0.25) is 5.02 Å². The number of aliphatic hydroxyl groups is 1. The second-order valence-corrected chi connectivity index (χ2v) is 6.45. The number of fused-ring (bicyclic) bond motifs is 1. The normalized spacial score (nSPS) is 23.8. The van der Waals surface area contributed by atoms with Crippen molar-refractivity contribution in [2.24, 2.45) is 5.92 Å². The molecular formula is C16H16ClF3N2O2. The van der Waals surface area contributed by atoms with Crippen molar-refractivity contribution >= 4 is 23.3 Å². The van der Waals surface area contributed by atoms with Gasteiger partial charge in [-0.25, -0.2) is 4.79 Å². The second-order valence-electron chi connectivity index (χ2n) is 6.04. The van der Waals surface area contributed by atoms with E-state index in [1.165, 1.54) is 18.2 Å². The van der Waals surface area contributed by atoms with Crippen LogP contribution in [0.3, 0.4) is 0 Å². The molecule has 130 valence electrons. The van der Waals surface area contributed by atoms with Gasteiger partial charge in [-0.3, -0.25) is 0 Å². The zero-order valence-electron chi connectivity index (χ0n) is 12.6. The maximum atomic E-state index is 13.9. The fourth-order valence-electron chi connectivity index (χ4n) is 2.78. The summed E-state index contributed by atoms with van der Waals surface area (Å²) in [6.45, 7) is -0.198. The van der Waals surface area contributed by atoms with Gasteiger partial charge in [0.05, 0.1) is 0 Å². The van der Waals surface area contributed by atoms with Gasteiger partial charge >= 0.3 is 12.2 Å². The van der Waals surface area contributed by atoms with Gasteiger partial charge in [0.25, 0.3) is 0 Å². The van der Waals surface area contributed by atoms with Crippen LogP contribution in [0.4, 0.5) is 23.7 Å². The Morgan fingerprint density at radius 3 is 2.67 bits per heavy atom. The minimum Gasteiger partial charge on any atom is -0.396 e. The Hall–Kier alpha value is -1.73. The second kappa shape index (κ2) is 5.97. The van der Waals surface area contributed by atoms with Crippen molar-refractivity contribution in [2.75, 3.05) is 11.9 Å². The number of carbonyl (C=O) groups is 1. The third-order valence-corrected chi connectivity index (χ3v) is 4.59. The summed E-state index contributed by atoms with van der Waals surface area (Å²) in [7, 11) is 0. The molecule has 3 N–H and O–H groups in total. The maximum Gasteiger partial charge on any atom is 0.419 e. The van der Waals surface area contributed by atoms with Crippen LogP contribution in [0, 0.1) is 5.92 Å². The van der Waals surface area contributed by atoms with Crippen molar-refractivity contribution in [1.82, 2.24) is 5.32 Å². The van der Waals surface area contributed by atoms with E-state index in [4.69, 9.17) is 16.7 Å². The number of carbonyl (C=O) groups excluding carboxylic acids is 1. The highest BCUT2D eigenvalue weighted by Crippen LogP contribution is 2.47. The molecule has 24 heavy (non-hydrogen) atoms. The molecule has 2 amide bonds. The Morgan fingerprint density at radius 2 is 2.08 bits per heavy atom. The summed E-state index contributed by atoms with van der Waals surface area (Å²) in [5.41, 5.74) is -2.25. The molecule has 0 radical (unpaired) electrons. The van der Waals surface area contributed by atoms with E-state index in [0.29, 0.717) is 5.56 Å². The Kier molecular flexibility index (Phi) is 4.25. The topological polar surface area (TPSA) is 61.4 Å². The van der Waals surface area contributed by atoms with Crippen LogP contribution in [-0.2, 0) is 12.0 Å². The molecule has 1 saturated carbocycles. The molecule has 1 aliphatic heterocycles. The number of rotatable bonds is 4. The van der Waals surface area contributed by atoms with Gasteiger partial charge in [-0.2, -0.15) is 13.2 Å². The van der Waals surface area contributed by atoms with Gasteiger partial charge < -0.3 is 15.7 Å². The average Bonchev–Trinajstić information content (AvgIpc) is 3.29. The summed E-state index contributed by atoms with van der Waals surface area (Å²) in [6.07, 6.45) is -0.332. The molecule has 1 aromatic rings. The molecule has 0 bridgehead atoms. The number of aliphatic hydroxyl groups excluding tert-OH is 1. The van der Waals surface area contributed by atoms with Crippen LogP contribution >= 0.6 is 11.6 Å². The number of amides is 2. The Bertz CT molecular complexity index is 701. The number of nitrogens with one attached hydrogen (secondary N) is 2. The smallest absolute Gasteiger partial charge is 0.396 e. The molecule has 4 nitrogen and oxygen atoms in total. The van der Waals surface area contributed by atoms with Crippen molar-refractivity contribution < 1.29 is 23.1 Å². The zero-order valence-corrected chi connectivity index (χ0v) is 13.3. The van der Waals surface area contributed by atoms with Gasteiger partial charge in [-0.05, 0) is 49.0 Å². The number of hydrogen-bond donors (Lipinski definition) is 3. The predicted octanol–water partition coefficient (Wildman–Crippen LogP) is 3.73. The van der Waals surface area contributed by atoms with Crippen LogP contribution in [0.25, 0.3) is 0 Å². The van der Waals surface area contributed by atoms with Crippen molar-refractivity contribution in [3.63, 3.8) is 0 Å².